The van der Waals surface area contributed by atoms with E-state index in [1.807, 2.05) is 48.3 Å². The largest absolute Gasteiger partial charge is 0.357 e. The molecule has 0 fully saturated rings. The van der Waals surface area contributed by atoms with E-state index in [2.05, 4.69) is 36.8 Å². The Bertz CT molecular complexity index is 854. The summed E-state index contributed by atoms with van der Waals surface area (Å²) in [5.74, 6) is 0.690. The molecule has 0 atom stereocenters. The summed E-state index contributed by atoms with van der Waals surface area (Å²) in [6, 6.07) is 9.58. The highest BCUT2D eigenvalue weighted by Crippen LogP contribution is 2.15. The Labute approximate surface area is 164 Å². The maximum atomic E-state index is 5.90. The number of anilines is 1. The van der Waals surface area contributed by atoms with Crippen molar-refractivity contribution < 1.29 is 0 Å². The third-order valence-corrected chi connectivity index (χ3v) is 4.73. The summed E-state index contributed by atoms with van der Waals surface area (Å²) >= 11 is 14.7. The van der Waals surface area contributed by atoms with E-state index >= 15 is 0 Å². The molecule has 0 saturated carbocycles. The van der Waals surface area contributed by atoms with Crippen molar-refractivity contribution in [2.24, 2.45) is 7.05 Å². The van der Waals surface area contributed by atoms with Crippen molar-refractivity contribution in [2.75, 3.05) is 5.32 Å². The molecule has 6 nitrogen and oxygen atoms in total. The first kappa shape index (κ1) is 17.9. The Morgan fingerprint density at radius 3 is 2.72 bits per heavy atom. The highest BCUT2D eigenvalue weighted by atomic mass is 79.9. The maximum Gasteiger partial charge on any atom is 0.172 e. The molecule has 2 N–H and O–H groups in total. The molecule has 1 aromatic carbocycles. The molecule has 25 heavy (non-hydrogen) atoms. The van der Waals surface area contributed by atoms with Gasteiger partial charge < -0.3 is 10.6 Å². The summed E-state index contributed by atoms with van der Waals surface area (Å²) in [6.45, 7) is 1.23. The van der Waals surface area contributed by atoms with Crippen LogP contribution in [0.25, 0.3) is 0 Å². The summed E-state index contributed by atoms with van der Waals surface area (Å²) in [5.41, 5.74) is 2.14. The Hall–Kier alpha value is -1.90. The number of halogens is 2. The average molecular weight is 440 g/mol. The molecular formula is C16H16BrClN6S. The number of rotatable bonds is 5. The van der Waals surface area contributed by atoms with E-state index in [9.17, 15) is 0 Å². The molecular weight excluding hydrogens is 424 g/mol. The summed E-state index contributed by atoms with van der Waals surface area (Å²) < 4.78 is 4.57. The molecule has 3 rings (SSSR count). The van der Waals surface area contributed by atoms with Crippen LogP contribution < -0.4 is 10.6 Å². The second-order valence-corrected chi connectivity index (χ2v) is 7.09. The van der Waals surface area contributed by atoms with Crippen LogP contribution in [0.4, 0.5) is 5.82 Å². The van der Waals surface area contributed by atoms with Gasteiger partial charge in [0.05, 0.1) is 29.5 Å². The second kappa shape index (κ2) is 7.99. The van der Waals surface area contributed by atoms with Crippen LogP contribution in [-0.4, -0.2) is 24.7 Å². The molecule has 2 aromatic heterocycles. The van der Waals surface area contributed by atoms with Crippen LogP contribution in [0, 0.1) is 0 Å². The molecule has 0 amide bonds. The third kappa shape index (κ3) is 4.81. The number of hydrogen-bond donors (Lipinski definition) is 2. The Kier molecular flexibility index (Phi) is 5.72. The lowest BCUT2D eigenvalue weighted by Crippen LogP contribution is -2.29. The van der Waals surface area contributed by atoms with E-state index in [0.717, 1.165) is 20.8 Å². The average Bonchev–Trinajstić information content (AvgIpc) is 3.14. The fraction of sp³-hybridized carbons (Fsp3) is 0.188. The molecule has 0 unspecified atom stereocenters. The van der Waals surface area contributed by atoms with Gasteiger partial charge in [0, 0.05) is 24.3 Å². The van der Waals surface area contributed by atoms with Gasteiger partial charge in [0.25, 0.3) is 0 Å². The van der Waals surface area contributed by atoms with Crippen LogP contribution in [0.5, 0.6) is 0 Å². The molecule has 0 spiro atoms. The minimum atomic E-state index is 0.504. The molecule has 0 bridgehead atoms. The molecule has 0 aliphatic carbocycles. The van der Waals surface area contributed by atoms with Gasteiger partial charge in [-0.2, -0.15) is 10.2 Å². The van der Waals surface area contributed by atoms with Crippen LogP contribution >= 0.6 is 39.7 Å². The zero-order chi connectivity index (χ0) is 17.8. The van der Waals surface area contributed by atoms with Gasteiger partial charge >= 0.3 is 0 Å². The zero-order valence-electron chi connectivity index (χ0n) is 13.4. The highest BCUT2D eigenvalue weighted by molar-refractivity contribution is 9.10. The number of aromatic nitrogens is 4. The smallest absolute Gasteiger partial charge is 0.172 e. The van der Waals surface area contributed by atoms with Crippen molar-refractivity contribution in [2.45, 2.75) is 13.1 Å². The van der Waals surface area contributed by atoms with Crippen LogP contribution in [0.2, 0.25) is 5.02 Å². The van der Waals surface area contributed by atoms with Crippen LogP contribution in [-0.2, 0) is 20.1 Å². The zero-order valence-corrected chi connectivity index (χ0v) is 16.6. The van der Waals surface area contributed by atoms with Gasteiger partial charge in [-0.05, 0) is 45.8 Å². The first-order valence-corrected chi connectivity index (χ1v) is 9.08. The summed E-state index contributed by atoms with van der Waals surface area (Å²) in [6.07, 6.45) is 3.66. The van der Waals surface area contributed by atoms with Gasteiger partial charge in [0.1, 0.15) is 0 Å². The van der Waals surface area contributed by atoms with Crippen LogP contribution in [0.3, 0.4) is 0 Å². The number of thiocarbonyl (C=S) groups is 1. The number of nitrogens with zero attached hydrogens (tertiary/aromatic N) is 4. The van der Waals surface area contributed by atoms with Crippen molar-refractivity contribution in [1.29, 1.82) is 0 Å². The Morgan fingerprint density at radius 1 is 1.28 bits per heavy atom. The van der Waals surface area contributed by atoms with E-state index in [4.69, 9.17) is 23.8 Å². The summed E-state index contributed by atoms with van der Waals surface area (Å²) in [5, 5.41) is 16.1. The third-order valence-electron chi connectivity index (χ3n) is 3.57. The van der Waals surface area contributed by atoms with Gasteiger partial charge in [-0.15, -0.1) is 0 Å². The predicted molar refractivity (Wildman–Crippen MR) is 107 cm³/mol. The summed E-state index contributed by atoms with van der Waals surface area (Å²) in [7, 11) is 1.89. The van der Waals surface area contributed by atoms with E-state index in [1.54, 1.807) is 10.9 Å². The maximum absolute atomic E-state index is 5.90. The molecule has 3 aromatic rings. The fourth-order valence-corrected chi connectivity index (χ4v) is 3.04. The van der Waals surface area contributed by atoms with Crippen molar-refractivity contribution in [3.8, 4) is 0 Å². The van der Waals surface area contributed by atoms with Crippen molar-refractivity contribution in [3.63, 3.8) is 0 Å². The molecule has 130 valence electrons. The quantitative estimate of drug-likeness (QED) is 0.595. The van der Waals surface area contributed by atoms with Gasteiger partial charge in [-0.25, -0.2) is 0 Å². The second-order valence-electron chi connectivity index (χ2n) is 5.40. The van der Waals surface area contributed by atoms with Crippen molar-refractivity contribution in [1.82, 2.24) is 24.9 Å². The van der Waals surface area contributed by atoms with Gasteiger partial charge in [-0.1, -0.05) is 23.7 Å². The first-order valence-electron chi connectivity index (χ1n) is 7.50. The Balaban J connectivity index is 1.54. The number of benzene rings is 1. The van der Waals surface area contributed by atoms with E-state index in [0.29, 0.717) is 24.0 Å². The van der Waals surface area contributed by atoms with Gasteiger partial charge in [-0.3, -0.25) is 9.36 Å². The minimum absolute atomic E-state index is 0.504. The minimum Gasteiger partial charge on any atom is -0.357 e. The van der Waals surface area contributed by atoms with E-state index < -0.39 is 0 Å². The lowest BCUT2D eigenvalue weighted by molar-refractivity contribution is 0.688. The molecule has 9 heteroatoms. The molecule has 2 heterocycles. The van der Waals surface area contributed by atoms with Gasteiger partial charge in [0.2, 0.25) is 0 Å². The predicted octanol–water partition coefficient (Wildman–Crippen LogP) is 3.57. The van der Waals surface area contributed by atoms with Crippen LogP contribution in [0.1, 0.15) is 11.3 Å². The fourth-order valence-electron chi connectivity index (χ4n) is 2.25. The monoisotopic (exact) mass is 438 g/mol. The SMILES string of the molecule is Cn1ncc(Br)c1CNC(=S)Nc1ccn(Cc2ccc(Cl)cc2)n1. The lowest BCUT2D eigenvalue weighted by atomic mass is 10.2. The van der Waals surface area contributed by atoms with Crippen molar-refractivity contribution >= 4 is 50.7 Å². The van der Waals surface area contributed by atoms with Crippen molar-refractivity contribution in [3.05, 3.63) is 63.5 Å². The molecule has 0 saturated heterocycles. The number of hydrogen-bond acceptors (Lipinski definition) is 3. The molecule has 0 radical (unpaired) electrons. The molecule has 0 aliphatic rings. The van der Waals surface area contributed by atoms with E-state index in [-0.39, 0.29) is 0 Å². The molecule has 0 aliphatic heterocycles. The number of aryl methyl sites for hydroxylation is 1. The standard InChI is InChI=1S/C16H16BrClN6S/c1-23-14(13(17)8-20-23)9-19-16(25)21-15-6-7-24(22-15)10-11-2-4-12(18)5-3-11/h2-8H,9-10H2,1H3,(H2,19,21,22,25). The normalized spacial score (nSPS) is 10.7. The highest BCUT2D eigenvalue weighted by Gasteiger charge is 2.07. The van der Waals surface area contributed by atoms with Crippen LogP contribution in [0.15, 0.2) is 47.2 Å². The Morgan fingerprint density at radius 2 is 2.04 bits per heavy atom. The summed E-state index contributed by atoms with van der Waals surface area (Å²) in [4.78, 5) is 0. The first-order chi connectivity index (χ1) is 12.0. The lowest BCUT2D eigenvalue weighted by Gasteiger charge is -2.09. The number of nitrogens with one attached hydrogen (secondary N) is 2. The van der Waals surface area contributed by atoms with E-state index in [1.165, 1.54) is 0 Å². The van der Waals surface area contributed by atoms with Gasteiger partial charge in [0.15, 0.2) is 10.9 Å². The topological polar surface area (TPSA) is 59.7 Å².